The van der Waals surface area contributed by atoms with Gasteiger partial charge >= 0.3 is 0 Å². The van der Waals surface area contributed by atoms with Crippen LogP contribution in [0, 0.1) is 5.92 Å². The SMILES string of the molecule is NC(CSCC1CCCC1)c1cc2ccccc2o1. The molecule has 1 aromatic heterocycles. The van der Waals surface area contributed by atoms with E-state index in [9.17, 15) is 0 Å². The lowest BCUT2D eigenvalue weighted by Gasteiger charge is -2.11. The molecule has 2 nitrogen and oxygen atoms in total. The molecule has 2 N–H and O–H groups in total. The van der Waals surface area contributed by atoms with Crippen LogP contribution in [0.3, 0.4) is 0 Å². The monoisotopic (exact) mass is 275 g/mol. The average molecular weight is 275 g/mol. The summed E-state index contributed by atoms with van der Waals surface area (Å²) in [7, 11) is 0. The van der Waals surface area contributed by atoms with Crippen LogP contribution < -0.4 is 5.73 Å². The van der Waals surface area contributed by atoms with E-state index in [1.807, 2.05) is 30.0 Å². The number of hydrogen-bond donors (Lipinski definition) is 1. The third-order valence-corrected chi connectivity index (χ3v) is 5.24. The van der Waals surface area contributed by atoms with Crippen molar-refractivity contribution in [3.8, 4) is 0 Å². The van der Waals surface area contributed by atoms with E-state index >= 15 is 0 Å². The van der Waals surface area contributed by atoms with Crippen LogP contribution in [0.2, 0.25) is 0 Å². The highest BCUT2D eigenvalue weighted by Gasteiger charge is 2.17. The minimum atomic E-state index is 0.0128. The van der Waals surface area contributed by atoms with E-state index < -0.39 is 0 Å². The molecule has 1 unspecified atom stereocenters. The van der Waals surface area contributed by atoms with Crippen molar-refractivity contribution in [2.75, 3.05) is 11.5 Å². The van der Waals surface area contributed by atoms with E-state index in [0.29, 0.717) is 0 Å². The molecule has 0 aliphatic heterocycles. The zero-order valence-corrected chi connectivity index (χ0v) is 12.0. The Morgan fingerprint density at radius 3 is 2.84 bits per heavy atom. The van der Waals surface area contributed by atoms with Crippen molar-refractivity contribution in [1.29, 1.82) is 0 Å². The number of rotatable bonds is 5. The molecule has 102 valence electrons. The Labute approximate surface area is 118 Å². The Morgan fingerprint density at radius 1 is 1.26 bits per heavy atom. The number of thioether (sulfide) groups is 1. The molecule has 3 heteroatoms. The molecular formula is C16H21NOS. The summed E-state index contributed by atoms with van der Waals surface area (Å²) < 4.78 is 5.81. The van der Waals surface area contributed by atoms with Gasteiger partial charge in [-0.05, 0) is 36.6 Å². The van der Waals surface area contributed by atoms with E-state index in [1.165, 1.54) is 31.4 Å². The predicted molar refractivity (Wildman–Crippen MR) is 82.4 cm³/mol. The van der Waals surface area contributed by atoms with Crippen LogP contribution in [-0.4, -0.2) is 11.5 Å². The Hall–Kier alpha value is -0.930. The zero-order chi connectivity index (χ0) is 13.1. The van der Waals surface area contributed by atoms with Crippen LogP contribution >= 0.6 is 11.8 Å². The second-order valence-corrected chi connectivity index (χ2v) is 6.56. The van der Waals surface area contributed by atoms with Crippen molar-refractivity contribution in [2.24, 2.45) is 11.7 Å². The summed E-state index contributed by atoms with van der Waals surface area (Å²) in [6, 6.07) is 10.2. The molecule has 1 aromatic carbocycles. The first-order chi connectivity index (χ1) is 9.33. The van der Waals surface area contributed by atoms with Crippen LogP contribution in [0.25, 0.3) is 11.0 Å². The number of furan rings is 1. The highest BCUT2D eigenvalue weighted by molar-refractivity contribution is 7.99. The Bertz CT molecular complexity index is 497. The first-order valence-corrected chi connectivity index (χ1v) is 8.30. The Kier molecular flexibility index (Phi) is 4.14. The van der Waals surface area contributed by atoms with Gasteiger partial charge in [0.1, 0.15) is 11.3 Å². The topological polar surface area (TPSA) is 39.2 Å². The van der Waals surface area contributed by atoms with Crippen molar-refractivity contribution >= 4 is 22.7 Å². The summed E-state index contributed by atoms with van der Waals surface area (Å²) in [5.74, 6) is 4.05. The third-order valence-electron chi connectivity index (χ3n) is 3.94. The van der Waals surface area contributed by atoms with Crippen molar-refractivity contribution in [3.05, 3.63) is 36.1 Å². The standard InChI is InChI=1S/C16H21NOS/c17-14(11-19-10-12-5-1-2-6-12)16-9-13-7-3-4-8-15(13)18-16/h3-4,7-9,12,14H,1-2,5-6,10-11,17H2. The summed E-state index contributed by atoms with van der Waals surface area (Å²) in [6.45, 7) is 0. The fourth-order valence-electron chi connectivity index (χ4n) is 2.81. The van der Waals surface area contributed by atoms with Gasteiger partial charge in [0.05, 0.1) is 6.04 Å². The van der Waals surface area contributed by atoms with Crippen molar-refractivity contribution in [3.63, 3.8) is 0 Å². The fraction of sp³-hybridized carbons (Fsp3) is 0.500. The maximum absolute atomic E-state index is 6.23. The molecule has 0 spiro atoms. The van der Waals surface area contributed by atoms with E-state index in [1.54, 1.807) is 0 Å². The molecule has 2 aromatic rings. The lowest BCUT2D eigenvalue weighted by molar-refractivity contribution is 0.515. The molecule has 0 radical (unpaired) electrons. The Balaban J connectivity index is 1.55. The number of hydrogen-bond acceptors (Lipinski definition) is 3. The van der Waals surface area contributed by atoms with Gasteiger partial charge in [-0.3, -0.25) is 0 Å². The summed E-state index contributed by atoms with van der Waals surface area (Å²) in [5, 5.41) is 1.15. The molecule has 1 saturated carbocycles. The molecule has 0 saturated heterocycles. The summed E-state index contributed by atoms with van der Waals surface area (Å²) in [5.41, 5.74) is 7.17. The van der Waals surface area contributed by atoms with Gasteiger partial charge in [-0.1, -0.05) is 31.0 Å². The molecule has 3 rings (SSSR count). The van der Waals surface area contributed by atoms with Gasteiger partial charge in [-0.25, -0.2) is 0 Å². The van der Waals surface area contributed by atoms with E-state index in [-0.39, 0.29) is 6.04 Å². The lowest BCUT2D eigenvalue weighted by atomic mass is 10.1. The summed E-state index contributed by atoms with van der Waals surface area (Å²) in [6.07, 6.45) is 5.65. The smallest absolute Gasteiger partial charge is 0.134 e. The molecule has 1 heterocycles. The summed E-state index contributed by atoms with van der Waals surface area (Å²) in [4.78, 5) is 0. The first kappa shape index (κ1) is 13.1. The molecule has 0 bridgehead atoms. The highest BCUT2D eigenvalue weighted by Crippen LogP contribution is 2.30. The van der Waals surface area contributed by atoms with Gasteiger partial charge in [0, 0.05) is 11.1 Å². The van der Waals surface area contributed by atoms with Crippen molar-refractivity contribution in [2.45, 2.75) is 31.7 Å². The van der Waals surface area contributed by atoms with Crippen LogP contribution in [0.15, 0.2) is 34.7 Å². The van der Waals surface area contributed by atoms with Crippen LogP contribution in [-0.2, 0) is 0 Å². The molecular weight excluding hydrogens is 254 g/mol. The molecule has 19 heavy (non-hydrogen) atoms. The number of nitrogens with two attached hydrogens (primary N) is 1. The highest BCUT2D eigenvalue weighted by atomic mass is 32.2. The molecule has 1 aliphatic rings. The van der Waals surface area contributed by atoms with E-state index in [0.717, 1.165) is 28.4 Å². The Morgan fingerprint density at radius 2 is 2.05 bits per heavy atom. The van der Waals surface area contributed by atoms with Gasteiger partial charge in [0.25, 0.3) is 0 Å². The zero-order valence-electron chi connectivity index (χ0n) is 11.2. The first-order valence-electron chi connectivity index (χ1n) is 7.15. The molecule has 1 atom stereocenters. The quantitative estimate of drug-likeness (QED) is 0.881. The molecule has 1 fully saturated rings. The van der Waals surface area contributed by atoms with Crippen molar-refractivity contribution < 1.29 is 4.42 Å². The maximum atomic E-state index is 6.23. The van der Waals surface area contributed by atoms with Gasteiger partial charge in [-0.15, -0.1) is 0 Å². The number of para-hydroxylation sites is 1. The third kappa shape index (κ3) is 3.15. The normalized spacial score (nSPS) is 18.2. The van der Waals surface area contributed by atoms with Gasteiger partial charge in [0.2, 0.25) is 0 Å². The van der Waals surface area contributed by atoms with Crippen LogP contribution in [0.5, 0.6) is 0 Å². The van der Waals surface area contributed by atoms with Gasteiger partial charge < -0.3 is 10.2 Å². The van der Waals surface area contributed by atoms with Crippen LogP contribution in [0.1, 0.15) is 37.5 Å². The molecule has 1 aliphatic carbocycles. The number of benzene rings is 1. The minimum absolute atomic E-state index is 0.0128. The predicted octanol–water partition coefficient (Wildman–Crippen LogP) is 4.36. The van der Waals surface area contributed by atoms with Crippen LogP contribution in [0.4, 0.5) is 0 Å². The van der Waals surface area contributed by atoms with Gasteiger partial charge in [-0.2, -0.15) is 11.8 Å². The second-order valence-electron chi connectivity index (χ2n) is 5.48. The van der Waals surface area contributed by atoms with E-state index in [4.69, 9.17) is 10.2 Å². The van der Waals surface area contributed by atoms with Gasteiger partial charge in [0.15, 0.2) is 0 Å². The fourth-order valence-corrected chi connectivity index (χ4v) is 4.03. The average Bonchev–Trinajstić information content (AvgIpc) is 3.07. The second kappa shape index (κ2) is 6.02. The maximum Gasteiger partial charge on any atom is 0.134 e. The molecule has 0 amide bonds. The minimum Gasteiger partial charge on any atom is -0.459 e. The van der Waals surface area contributed by atoms with E-state index in [2.05, 4.69) is 12.1 Å². The largest absolute Gasteiger partial charge is 0.459 e. The lowest BCUT2D eigenvalue weighted by Crippen LogP contribution is -2.13. The van der Waals surface area contributed by atoms with Crippen molar-refractivity contribution in [1.82, 2.24) is 0 Å². The summed E-state index contributed by atoms with van der Waals surface area (Å²) >= 11 is 1.98. The number of fused-ring (bicyclic) bond motifs is 1.